The van der Waals surface area contributed by atoms with Crippen molar-refractivity contribution in [3.05, 3.63) is 29.8 Å². The summed E-state index contributed by atoms with van der Waals surface area (Å²) in [6.45, 7) is -0.0804. The molecule has 0 saturated heterocycles. The van der Waals surface area contributed by atoms with Crippen molar-refractivity contribution in [2.45, 2.75) is 50.8 Å². The minimum absolute atomic E-state index is 0.213. The Morgan fingerprint density at radius 2 is 1.19 bits per heavy atom. The van der Waals surface area contributed by atoms with Crippen LogP contribution in [-0.2, 0) is 25.1 Å². The number of ether oxygens (including phenoxy) is 5. The van der Waals surface area contributed by atoms with Crippen molar-refractivity contribution in [3.8, 4) is 5.75 Å². The van der Waals surface area contributed by atoms with Crippen LogP contribution in [0, 0.1) is 0 Å². The lowest BCUT2D eigenvalue weighted by Crippen LogP contribution is -2.53. The van der Waals surface area contributed by atoms with Crippen LogP contribution < -0.4 is 4.74 Å². The van der Waals surface area contributed by atoms with Crippen LogP contribution in [0.1, 0.15) is 19.4 Å². The van der Waals surface area contributed by atoms with Gasteiger partial charge in [0, 0.05) is 20.6 Å². The maximum absolute atomic E-state index is 12.6. The number of aromatic nitrogens is 3. The van der Waals surface area contributed by atoms with Gasteiger partial charge >= 0.3 is 36.9 Å². The Kier molecular flexibility index (Phi) is 19.0. The van der Waals surface area contributed by atoms with E-state index >= 15 is 0 Å². The molecular weight excluding hydrogens is 694 g/mol. The van der Waals surface area contributed by atoms with Gasteiger partial charge in [-0.1, -0.05) is 6.07 Å². The molecule has 0 saturated carbocycles. The molecule has 0 aliphatic rings. The Morgan fingerprint density at radius 3 is 1.51 bits per heavy atom. The van der Waals surface area contributed by atoms with Crippen molar-refractivity contribution in [1.29, 1.82) is 0 Å². The number of methoxy groups -OCH3 is 2. The third kappa shape index (κ3) is 20.7. The average molecular weight is 715 g/mol. The summed E-state index contributed by atoms with van der Waals surface area (Å²) in [6, 6.07) is 4.74. The lowest BCUT2D eigenvalue weighted by molar-refractivity contribution is -0.565. The molecule has 9 nitrogen and oxygen atoms in total. The van der Waals surface area contributed by atoms with Gasteiger partial charge in [0.05, 0.1) is 12.7 Å². The molecule has 1 heterocycles. The number of hydrogen-bond acceptors (Lipinski definition) is 9. The monoisotopic (exact) mass is 715 g/mol. The molecule has 0 aliphatic heterocycles. The van der Waals surface area contributed by atoms with E-state index in [0.29, 0.717) is 0 Å². The summed E-state index contributed by atoms with van der Waals surface area (Å²) >= 11 is 0. The van der Waals surface area contributed by atoms with Crippen molar-refractivity contribution < 1.29 is 85.9 Å². The fraction of sp³-hybridized carbons (Fsp3) is 0.667. The van der Waals surface area contributed by atoms with Gasteiger partial charge < -0.3 is 14.6 Å². The Labute approximate surface area is 239 Å². The maximum Gasteiger partial charge on any atom is 0.495 e. The zero-order valence-electron chi connectivity index (χ0n) is 21.8. The van der Waals surface area contributed by atoms with Crippen LogP contribution in [0.3, 0.4) is 0 Å². The van der Waals surface area contributed by atoms with Gasteiger partial charge in [-0.2, -0.15) is 61.8 Å². The molecule has 43 heavy (non-hydrogen) atoms. The molecule has 0 unspecified atom stereocenters. The topological polar surface area (TPSA) is 105 Å². The summed E-state index contributed by atoms with van der Waals surface area (Å²) in [5, 5.41) is 7.85. The van der Waals surface area contributed by atoms with Gasteiger partial charge in [-0.25, -0.2) is 14.2 Å². The van der Waals surface area contributed by atoms with Crippen LogP contribution >= 0.6 is 25.5 Å². The summed E-state index contributed by atoms with van der Waals surface area (Å²) in [5.74, 6) is 0.213. The van der Waals surface area contributed by atoms with E-state index in [1.807, 2.05) is 11.7 Å². The normalized spacial score (nSPS) is 13.1. The molecule has 0 fully saturated rings. The highest BCUT2D eigenvalue weighted by Gasteiger charge is 2.68. The quantitative estimate of drug-likeness (QED) is 0.194. The molecule has 1 aromatic carbocycles. The van der Waals surface area contributed by atoms with E-state index < -0.39 is 56.0 Å². The number of halogens is 13. The van der Waals surface area contributed by atoms with Crippen LogP contribution in [0.4, 0.5) is 57.1 Å². The molecule has 0 aliphatic carbocycles. The molecule has 1 N–H and O–H groups in total. The van der Waals surface area contributed by atoms with Gasteiger partial charge in [-0.05, 0) is 25.1 Å². The first kappa shape index (κ1) is 43.3. The third-order valence-electron chi connectivity index (χ3n) is 3.27. The van der Waals surface area contributed by atoms with Crippen LogP contribution in [0.5, 0.6) is 5.75 Å². The van der Waals surface area contributed by atoms with Gasteiger partial charge in [-0.15, -0.1) is 8.78 Å². The molecule has 2 rings (SSSR count). The van der Waals surface area contributed by atoms with Crippen molar-refractivity contribution >= 4 is 25.5 Å². The lowest BCUT2D eigenvalue weighted by Gasteiger charge is -2.30. The van der Waals surface area contributed by atoms with Crippen molar-refractivity contribution in [2.24, 2.45) is 0 Å². The number of rotatable bonds is 10. The number of hydrogen-bond donors (Lipinski definition) is 1. The third-order valence-corrected chi connectivity index (χ3v) is 5.19. The molecule has 25 heteroatoms. The highest BCUT2D eigenvalue weighted by atomic mass is 31.1. The van der Waals surface area contributed by atoms with E-state index in [1.54, 1.807) is 7.11 Å². The summed E-state index contributed by atoms with van der Waals surface area (Å²) in [4.78, 5) is 0. The van der Waals surface area contributed by atoms with Crippen LogP contribution in [0.25, 0.3) is 0 Å². The number of aliphatic hydroxyl groups is 1. The van der Waals surface area contributed by atoms with Crippen LogP contribution in [-0.4, -0.2) is 76.8 Å². The Bertz CT molecular complexity index is 998. The molecule has 1 aromatic heterocycles. The molecule has 0 bridgehead atoms. The molecule has 0 atom stereocenters. The minimum atomic E-state index is -6.47. The number of benzene rings is 1. The molecule has 2 aromatic rings. The standard InChI is InChI=1S/C8H7F3O.C7H6F10O4.C3H8O.N3P3/c1-12-7-4-2-3-6(5-7)8(9,10)11;1-3(8,9)19-5(12,13)6(14,15)21-7(16,17)20-4(10,11)2-18;1-3-4-2;1-4-2-6-3-5-1/h2-5H,1H3;18H,2H2,1H3;3H2,1-2H3;. The Morgan fingerprint density at radius 1 is 0.744 bits per heavy atom. The molecule has 0 amide bonds. The summed E-state index contributed by atoms with van der Waals surface area (Å²) in [7, 11) is 5.50. The number of alkyl halides is 13. The average Bonchev–Trinajstić information content (AvgIpc) is 2.87. The first-order valence-electron chi connectivity index (χ1n) is 10.4. The van der Waals surface area contributed by atoms with E-state index in [1.165, 1.54) is 19.2 Å². The van der Waals surface area contributed by atoms with Crippen molar-refractivity contribution in [3.63, 3.8) is 0 Å². The van der Waals surface area contributed by atoms with E-state index in [-0.39, 0.29) is 5.75 Å². The molecule has 250 valence electrons. The summed E-state index contributed by atoms with van der Waals surface area (Å²) < 4.78 is 187. The fourth-order valence-electron chi connectivity index (χ4n) is 1.63. The second-order valence-corrected chi connectivity index (χ2v) is 9.43. The van der Waals surface area contributed by atoms with E-state index in [4.69, 9.17) is 5.11 Å². The van der Waals surface area contributed by atoms with Crippen LogP contribution in [0.2, 0.25) is 0 Å². The second-order valence-electron chi connectivity index (χ2n) is 6.75. The lowest BCUT2D eigenvalue weighted by atomic mass is 10.2. The zero-order valence-corrected chi connectivity index (χ0v) is 24.5. The van der Waals surface area contributed by atoms with Gasteiger partial charge in [0.1, 0.15) is 12.4 Å². The Balaban J connectivity index is 0. The fourth-order valence-corrected chi connectivity index (χ4v) is 3.45. The van der Waals surface area contributed by atoms with E-state index in [0.717, 1.165) is 44.3 Å². The predicted molar refractivity (Wildman–Crippen MR) is 124 cm³/mol. The van der Waals surface area contributed by atoms with Crippen molar-refractivity contribution in [2.75, 3.05) is 27.4 Å². The van der Waals surface area contributed by atoms with Gasteiger partial charge in [-0.3, -0.25) is 0 Å². The maximum atomic E-state index is 12.6. The van der Waals surface area contributed by atoms with Gasteiger partial charge in [0.15, 0.2) is 25.5 Å². The van der Waals surface area contributed by atoms with E-state index in [9.17, 15) is 57.1 Å². The number of aliphatic hydroxyl groups excluding tert-OH is 1. The highest BCUT2D eigenvalue weighted by Crippen LogP contribution is 2.44. The van der Waals surface area contributed by atoms with Gasteiger partial charge in [0.25, 0.3) is 0 Å². The number of nitrogens with zero attached hydrogens (tertiary/aromatic N) is 3. The first-order valence-corrected chi connectivity index (χ1v) is 12.8. The Hall–Kier alpha value is -1.79. The van der Waals surface area contributed by atoms with E-state index in [2.05, 4.69) is 32.5 Å². The molecule has 0 radical (unpaired) electrons. The van der Waals surface area contributed by atoms with Gasteiger partial charge in [0.2, 0.25) is 0 Å². The highest BCUT2D eigenvalue weighted by molar-refractivity contribution is 7.43. The van der Waals surface area contributed by atoms with Crippen LogP contribution in [0.15, 0.2) is 24.3 Å². The largest absolute Gasteiger partial charge is 0.497 e. The predicted octanol–water partition coefficient (Wildman–Crippen LogP) is 7.95. The molecular formula is C18H21F13N3O6P3. The SMILES string of the molecule is CC(F)(F)OC(F)(F)C(F)(F)OC(F)(F)OC(F)(F)CO.CCOC.COc1cccc(C(F)(F)F)c1.n1pnpnp1. The first-order chi connectivity index (χ1) is 19.4. The molecule has 0 spiro atoms. The second kappa shape index (κ2) is 18.9. The smallest absolute Gasteiger partial charge is 0.495 e. The minimum Gasteiger partial charge on any atom is -0.497 e. The van der Waals surface area contributed by atoms with Crippen molar-refractivity contribution in [1.82, 2.24) is 13.5 Å². The summed E-state index contributed by atoms with van der Waals surface area (Å²) in [6.07, 6.45) is -33.2. The zero-order chi connectivity index (χ0) is 34.2. The summed E-state index contributed by atoms with van der Waals surface area (Å²) in [5.41, 5.74) is -0.693.